The van der Waals surface area contributed by atoms with E-state index in [1.54, 1.807) is 0 Å². The Hall–Kier alpha value is -0.320. The summed E-state index contributed by atoms with van der Waals surface area (Å²) in [5.74, 6) is 0.506. The van der Waals surface area contributed by atoms with Crippen LogP contribution in [0.4, 0.5) is 0 Å². The molecule has 0 saturated carbocycles. The molecule has 3 unspecified atom stereocenters. The fourth-order valence-corrected chi connectivity index (χ4v) is 2.50. The molecule has 3 atom stereocenters. The largest absolute Gasteiger partial charge is 0.377 e. The van der Waals surface area contributed by atoms with Crippen LogP contribution in [0.25, 0.3) is 0 Å². The van der Waals surface area contributed by atoms with Gasteiger partial charge in [-0.3, -0.25) is 4.79 Å². The number of halogens is 1. The van der Waals surface area contributed by atoms with Gasteiger partial charge in [0.05, 0.1) is 25.4 Å². The maximum atomic E-state index is 12.2. The van der Waals surface area contributed by atoms with Gasteiger partial charge in [-0.2, -0.15) is 0 Å². The molecule has 2 fully saturated rings. The van der Waals surface area contributed by atoms with E-state index in [0.717, 1.165) is 12.8 Å². The number of carbonyl (C=O) groups is 1. The standard InChI is InChI=1S/C11H18ClNO3/c1-8-2-3-10(16-8)11(14)13-4-5-15-7-9(13)6-12/h8-10H,2-7H2,1H3. The van der Waals surface area contributed by atoms with E-state index in [2.05, 4.69) is 0 Å². The third-order valence-corrected chi connectivity index (χ3v) is 3.55. The Kier molecular flexibility index (Phi) is 4.05. The van der Waals surface area contributed by atoms with Crippen molar-refractivity contribution in [2.24, 2.45) is 0 Å². The Balaban J connectivity index is 1.96. The molecule has 0 bridgehead atoms. The second kappa shape index (κ2) is 5.34. The van der Waals surface area contributed by atoms with E-state index >= 15 is 0 Å². The molecule has 0 aromatic carbocycles. The van der Waals surface area contributed by atoms with Gasteiger partial charge in [-0.15, -0.1) is 11.6 Å². The van der Waals surface area contributed by atoms with Crippen molar-refractivity contribution in [3.63, 3.8) is 0 Å². The summed E-state index contributed by atoms with van der Waals surface area (Å²) in [6, 6.07) is 0.00224. The summed E-state index contributed by atoms with van der Waals surface area (Å²) in [6.07, 6.45) is 1.72. The van der Waals surface area contributed by atoms with Gasteiger partial charge in [0.15, 0.2) is 0 Å². The molecular weight excluding hydrogens is 230 g/mol. The normalized spacial score (nSPS) is 35.4. The van der Waals surface area contributed by atoms with Gasteiger partial charge in [0.1, 0.15) is 6.10 Å². The van der Waals surface area contributed by atoms with Crippen molar-refractivity contribution >= 4 is 17.5 Å². The van der Waals surface area contributed by atoms with Crippen LogP contribution in [0.1, 0.15) is 19.8 Å². The van der Waals surface area contributed by atoms with Crippen molar-refractivity contribution in [2.75, 3.05) is 25.6 Å². The highest BCUT2D eigenvalue weighted by atomic mass is 35.5. The topological polar surface area (TPSA) is 38.8 Å². The average molecular weight is 248 g/mol. The molecule has 5 heteroatoms. The van der Waals surface area contributed by atoms with Gasteiger partial charge < -0.3 is 14.4 Å². The zero-order chi connectivity index (χ0) is 11.5. The second-order valence-corrected chi connectivity index (χ2v) is 4.74. The minimum absolute atomic E-state index is 0.00224. The van der Waals surface area contributed by atoms with Gasteiger partial charge in [-0.05, 0) is 19.8 Å². The van der Waals surface area contributed by atoms with Crippen molar-refractivity contribution in [3.05, 3.63) is 0 Å². The van der Waals surface area contributed by atoms with Gasteiger partial charge in [-0.1, -0.05) is 0 Å². The number of alkyl halides is 1. The molecular formula is C11H18ClNO3. The Morgan fingerprint density at radius 2 is 2.31 bits per heavy atom. The first kappa shape index (κ1) is 12.1. The minimum atomic E-state index is -0.265. The van der Waals surface area contributed by atoms with E-state index in [9.17, 15) is 4.79 Å². The van der Waals surface area contributed by atoms with Gasteiger partial charge in [0.25, 0.3) is 5.91 Å². The molecule has 0 aromatic rings. The molecule has 92 valence electrons. The number of morpholine rings is 1. The fourth-order valence-electron chi connectivity index (χ4n) is 2.24. The average Bonchev–Trinajstić information content (AvgIpc) is 2.75. The number of carbonyl (C=O) groups excluding carboxylic acids is 1. The Bertz CT molecular complexity index is 262. The smallest absolute Gasteiger partial charge is 0.252 e. The summed E-state index contributed by atoms with van der Waals surface area (Å²) < 4.78 is 10.9. The molecule has 0 aromatic heterocycles. The van der Waals surface area contributed by atoms with Gasteiger partial charge in [0.2, 0.25) is 0 Å². The van der Waals surface area contributed by atoms with E-state index in [4.69, 9.17) is 21.1 Å². The number of rotatable bonds is 2. The van der Waals surface area contributed by atoms with Crippen LogP contribution in [0.2, 0.25) is 0 Å². The van der Waals surface area contributed by atoms with Crippen LogP contribution < -0.4 is 0 Å². The van der Waals surface area contributed by atoms with Crippen molar-refractivity contribution in [1.82, 2.24) is 4.90 Å². The lowest BCUT2D eigenvalue weighted by Crippen LogP contribution is -2.52. The number of amides is 1. The zero-order valence-corrected chi connectivity index (χ0v) is 10.3. The molecule has 0 N–H and O–H groups in total. The second-order valence-electron chi connectivity index (χ2n) is 4.43. The zero-order valence-electron chi connectivity index (χ0n) is 9.52. The number of hydrogen-bond acceptors (Lipinski definition) is 3. The maximum Gasteiger partial charge on any atom is 0.252 e. The molecule has 1 amide bonds. The van der Waals surface area contributed by atoms with Crippen LogP contribution >= 0.6 is 11.6 Å². The van der Waals surface area contributed by atoms with Crippen molar-refractivity contribution < 1.29 is 14.3 Å². The van der Waals surface area contributed by atoms with Crippen molar-refractivity contribution in [2.45, 2.75) is 38.0 Å². The molecule has 2 heterocycles. The Morgan fingerprint density at radius 3 is 2.94 bits per heavy atom. The monoisotopic (exact) mass is 247 g/mol. The molecule has 2 aliphatic heterocycles. The van der Waals surface area contributed by atoms with E-state index in [1.165, 1.54) is 0 Å². The first-order valence-corrected chi connectivity index (χ1v) is 6.35. The number of ether oxygens (including phenoxy) is 2. The number of nitrogens with zero attached hydrogens (tertiary/aromatic N) is 1. The highest BCUT2D eigenvalue weighted by Crippen LogP contribution is 2.22. The molecule has 16 heavy (non-hydrogen) atoms. The predicted molar refractivity (Wildman–Crippen MR) is 60.6 cm³/mol. The Morgan fingerprint density at radius 1 is 1.50 bits per heavy atom. The highest BCUT2D eigenvalue weighted by Gasteiger charge is 2.35. The van der Waals surface area contributed by atoms with Crippen LogP contribution in [0.3, 0.4) is 0 Å². The first-order chi connectivity index (χ1) is 7.72. The van der Waals surface area contributed by atoms with E-state index in [1.807, 2.05) is 11.8 Å². The van der Waals surface area contributed by atoms with E-state index in [0.29, 0.717) is 25.6 Å². The molecule has 2 saturated heterocycles. The van der Waals surface area contributed by atoms with Crippen LogP contribution in [-0.2, 0) is 14.3 Å². The van der Waals surface area contributed by atoms with Gasteiger partial charge >= 0.3 is 0 Å². The highest BCUT2D eigenvalue weighted by molar-refractivity contribution is 6.18. The lowest BCUT2D eigenvalue weighted by molar-refractivity contribution is -0.150. The summed E-state index contributed by atoms with van der Waals surface area (Å²) in [6.45, 7) is 3.77. The van der Waals surface area contributed by atoms with Gasteiger partial charge in [0, 0.05) is 12.4 Å². The third-order valence-electron chi connectivity index (χ3n) is 3.20. The maximum absolute atomic E-state index is 12.2. The van der Waals surface area contributed by atoms with Crippen LogP contribution in [0.5, 0.6) is 0 Å². The van der Waals surface area contributed by atoms with Crippen molar-refractivity contribution in [1.29, 1.82) is 0 Å². The summed E-state index contributed by atoms with van der Waals surface area (Å²) in [4.78, 5) is 14.0. The van der Waals surface area contributed by atoms with Crippen LogP contribution in [0.15, 0.2) is 0 Å². The molecule has 2 aliphatic rings. The molecule has 0 spiro atoms. The minimum Gasteiger partial charge on any atom is -0.377 e. The number of hydrogen-bond donors (Lipinski definition) is 0. The van der Waals surface area contributed by atoms with Crippen molar-refractivity contribution in [3.8, 4) is 0 Å². The SMILES string of the molecule is CC1CCC(C(=O)N2CCOCC2CCl)O1. The fraction of sp³-hybridized carbons (Fsp3) is 0.909. The van der Waals surface area contributed by atoms with Crippen LogP contribution in [-0.4, -0.2) is 54.7 Å². The predicted octanol–water partition coefficient (Wildman–Crippen LogP) is 1.02. The lowest BCUT2D eigenvalue weighted by Gasteiger charge is -2.35. The van der Waals surface area contributed by atoms with Gasteiger partial charge in [-0.25, -0.2) is 0 Å². The van der Waals surface area contributed by atoms with Crippen LogP contribution in [0, 0.1) is 0 Å². The third kappa shape index (κ3) is 2.50. The molecule has 0 radical (unpaired) electrons. The first-order valence-electron chi connectivity index (χ1n) is 5.82. The molecule has 4 nitrogen and oxygen atoms in total. The lowest BCUT2D eigenvalue weighted by atomic mass is 10.1. The Labute approximate surface area is 101 Å². The molecule has 2 rings (SSSR count). The summed E-state index contributed by atoms with van der Waals surface area (Å²) in [5.41, 5.74) is 0. The quantitative estimate of drug-likeness (QED) is 0.684. The molecule has 0 aliphatic carbocycles. The van der Waals surface area contributed by atoms with E-state index < -0.39 is 0 Å². The summed E-state index contributed by atoms with van der Waals surface area (Å²) >= 11 is 5.84. The van der Waals surface area contributed by atoms with E-state index in [-0.39, 0.29) is 24.2 Å². The summed E-state index contributed by atoms with van der Waals surface area (Å²) in [5, 5.41) is 0. The summed E-state index contributed by atoms with van der Waals surface area (Å²) in [7, 11) is 0.